The van der Waals surface area contributed by atoms with Crippen LogP contribution in [0.15, 0.2) is 0 Å². The van der Waals surface area contributed by atoms with Gasteiger partial charge in [0, 0.05) is 13.1 Å². The van der Waals surface area contributed by atoms with Gasteiger partial charge < -0.3 is 4.52 Å². The molecule has 1 atom stereocenters. The van der Waals surface area contributed by atoms with Gasteiger partial charge in [0.15, 0.2) is 5.81 Å². The summed E-state index contributed by atoms with van der Waals surface area (Å²) in [4.78, 5) is 0. The van der Waals surface area contributed by atoms with Crippen LogP contribution in [0.3, 0.4) is 0 Å². The molecule has 1 aliphatic rings. The molecule has 0 spiro atoms. The fraction of sp³-hybridized carbons (Fsp3) is 0.917. The van der Waals surface area contributed by atoms with E-state index in [1.54, 1.807) is 4.67 Å². The van der Waals surface area contributed by atoms with Crippen molar-refractivity contribution in [1.29, 1.82) is 5.26 Å². The molecule has 1 fully saturated rings. The third kappa shape index (κ3) is 4.10. The second-order valence-corrected chi connectivity index (χ2v) is 6.50. The monoisotopic (exact) mass is 258 g/mol. The highest BCUT2D eigenvalue weighted by molar-refractivity contribution is 7.61. The lowest BCUT2D eigenvalue weighted by atomic mass is 10.2. The van der Waals surface area contributed by atoms with Crippen LogP contribution >= 0.6 is 7.52 Å². The molecule has 5 heteroatoms. The molecule has 98 valence electrons. The van der Waals surface area contributed by atoms with Gasteiger partial charge in [-0.25, -0.2) is 4.67 Å². The van der Waals surface area contributed by atoms with Gasteiger partial charge in [0.1, 0.15) is 0 Å². The van der Waals surface area contributed by atoms with Crippen molar-refractivity contribution in [3.63, 3.8) is 0 Å². The van der Waals surface area contributed by atoms with Crippen LogP contribution < -0.4 is 0 Å². The minimum absolute atomic E-state index is 0.00332. The van der Waals surface area contributed by atoms with Gasteiger partial charge in [-0.15, -0.1) is 0 Å². The first-order chi connectivity index (χ1) is 8.16. The summed E-state index contributed by atoms with van der Waals surface area (Å²) < 4.78 is 19.8. The molecular weight excluding hydrogens is 235 g/mol. The lowest BCUT2D eigenvalue weighted by Gasteiger charge is -2.27. The molecule has 0 amide bonds. The quantitative estimate of drug-likeness (QED) is 0.556. The molecule has 1 rings (SSSR count). The van der Waals surface area contributed by atoms with E-state index in [9.17, 15) is 4.57 Å². The van der Waals surface area contributed by atoms with Crippen molar-refractivity contribution in [2.45, 2.75) is 58.5 Å². The summed E-state index contributed by atoms with van der Waals surface area (Å²) in [5.41, 5.74) is 0. The highest BCUT2D eigenvalue weighted by Crippen LogP contribution is 2.51. The lowest BCUT2D eigenvalue weighted by Crippen LogP contribution is -2.23. The Morgan fingerprint density at radius 3 is 2.18 bits per heavy atom. The molecule has 1 unspecified atom stereocenters. The van der Waals surface area contributed by atoms with Crippen molar-refractivity contribution in [2.24, 2.45) is 0 Å². The van der Waals surface area contributed by atoms with Gasteiger partial charge in [-0.2, -0.15) is 5.26 Å². The van der Waals surface area contributed by atoms with Gasteiger partial charge in [-0.05, 0) is 12.8 Å². The molecule has 0 bridgehead atoms. The van der Waals surface area contributed by atoms with Crippen LogP contribution in [0, 0.1) is 11.1 Å². The molecule has 0 aromatic heterocycles. The predicted molar refractivity (Wildman–Crippen MR) is 68.7 cm³/mol. The SMILES string of the molecule is CCN(CC)P(=O)(C#N)OC1CCCCCC1. The van der Waals surface area contributed by atoms with Gasteiger partial charge >= 0.3 is 7.52 Å². The van der Waals surface area contributed by atoms with E-state index >= 15 is 0 Å². The molecule has 0 heterocycles. The first-order valence-corrected chi connectivity index (χ1v) is 8.19. The summed E-state index contributed by atoms with van der Waals surface area (Å²) in [6.45, 7) is 5.00. The molecular formula is C12H23N2O2P. The van der Waals surface area contributed by atoms with E-state index in [4.69, 9.17) is 9.79 Å². The summed E-state index contributed by atoms with van der Waals surface area (Å²) >= 11 is 0. The molecule has 0 aromatic carbocycles. The summed E-state index contributed by atoms with van der Waals surface area (Å²) in [5.74, 6) is 1.91. The van der Waals surface area contributed by atoms with Crippen molar-refractivity contribution in [3.05, 3.63) is 0 Å². The summed E-state index contributed by atoms with van der Waals surface area (Å²) in [6, 6.07) is 0. The van der Waals surface area contributed by atoms with Gasteiger partial charge in [-0.3, -0.25) is 4.57 Å². The van der Waals surface area contributed by atoms with Crippen LogP contribution in [0.25, 0.3) is 0 Å². The van der Waals surface area contributed by atoms with Crippen LogP contribution in [-0.4, -0.2) is 23.9 Å². The maximum atomic E-state index is 12.5. The smallest absolute Gasteiger partial charge is 0.304 e. The zero-order valence-electron chi connectivity index (χ0n) is 10.9. The molecule has 0 N–H and O–H groups in total. The summed E-state index contributed by atoms with van der Waals surface area (Å²) in [6.07, 6.45) is 6.57. The predicted octanol–water partition coefficient (Wildman–Crippen LogP) is 3.74. The Hall–Kier alpha value is -0.360. The summed E-state index contributed by atoms with van der Waals surface area (Å²) in [5, 5.41) is 9.14. The summed E-state index contributed by atoms with van der Waals surface area (Å²) in [7, 11) is -3.26. The molecule has 0 saturated heterocycles. The Bertz CT molecular complexity index is 302. The molecule has 0 aliphatic heterocycles. The van der Waals surface area contributed by atoms with Crippen molar-refractivity contribution >= 4 is 7.52 Å². The Balaban J connectivity index is 2.67. The fourth-order valence-corrected chi connectivity index (χ4v) is 3.97. The first kappa shape index (κ1) is 14.7. The Kier molecular flexibility index (Phi) is 6.19. The van der Waals surface area contributed by atoms with Crippen molar-refractivity contribution < 1.29 is 9.09 Å². The minimum Gasteiger partial charge on any atom is -0.304 e. The minimum atomic E-state index is -3.26. The zero-order valence-corrected chi connectivity index (χ0v) is 11.8. The molecule has 17 heavy (non-hydrogen) atoms. The lowest BCUT2D eigenvalue weighted by molar-refractivity contribution is 0.169. The van der Waals surface area contributed by atoms with Crippen LogP contribution in [0.1, 0.15) is 52.4 Å². The van der Waals surface area contributed by atoms with E-state index in [-0.39, 0.29) is 6.10 Å². The second kappa shape index (κ2) is 7.16. The van der Waals surface area contributed by atoms with Crippen molar-refractivity contribution in [1.82, 2.24) is 4.67 Å². The van der Waals surface area contributed by atoms with E-state index in [0.717, 1.165) is 25.7 Å². The highest BCUT2D eigenvalue weighted by Gasteiger charge is 2.33. The largest absolute Gasteiger partial charge is 0.371 e. The van der Waals surface area contributed by atoms with E-state index in [1.807, 2.05) is 19.7 Å². The van der Waals surface area contributed by atoms with Gasteiger partial charge in [0.25, 0.3) is 0 Å². The highest BCUT2D eigenvalue weighted by atomic mass is 31.2. The fourth-order valence-electron chi connectivity index (χ4n) is 2.30. The number of hydrogen-bond donors (Lipinski definition) is 0. The number of nitriles is 1. The normalized spacial score (nSPS) is 21.8. The molecule has 1 aliphatic carbocycles. The first-order valence-electron chi connectivity index (χ1n) is 6.61. The molecule has 4 nitrogen and oxygen atoms in total. The van der Waals surface area contributed by atoms with Gasteiger partial charge in [0.2, 0.25) is 0 Å². The van der Waals surface area contributed by atoms with E-state index in [2.05, 4.69) is 0 Å². The molecule has 0 aromatic rings. The van der Waals surface area contributed by atoms with Crippen molar-refractivity contribution in [2.75, 3.05) is 13.1 Å². The third-order valence-electron chi connectivity index (χ3n) is 3.32. The maximum absolute atomic E-state index is 12.5. The number of rotatable bonds is 5. The third-order valence-corrected chi connectivity index (χ3v) is 5.47. The van der Waals surface area contributed by atoms with Crippen LogP contribution in [-0.2, 0) is 9.09 Å². The Labute approximate surface area is 104 Å². The average Bonchev–Trinajstić information content (AvgIpc) is 2.59. The maximum Gasteiger partial charge on any atom is 0.371 e. The van der Waals surface area contributed by atoms with E-state index in [0.29, 0.717) is 13.1 Å². The molecule has 1 saturated carbocycles. The number of nitrogens with zero attached hydrogens (tertiary/aromatic N) is 2. The van der Waals surface area contributed by atoms with Gasteiger partial charge in [-0.1, -0.05) is 39.5 Å². The van der Waals surface area contributed by atoms with E-state index < -0.39 is 7.52 Å². The van der Waals surface area contributed by atoms with Gasteiger partial charge in [0.05, 0.1) is 6.10 Å². The standard InChI is InChI=1S/C12H23N2O2P/c1-3-14(4-2)17(15,11-13)16-12-9-7-5-6-8-10-12/h12H,3-10H2,1-2H3. The average molecular weight is 258 g/mol. The zero-order chi connectivity index (χ0) is 12.7. The van der Waals surface area contributed by atoms with Crippen LogP contribution in [0.2, 0.25) is 0 Å². The number of hydrogen-bond acceptors (Lipinski definition) is 3. The van der Waals surface area contributed by atoms with E-state index in [1.165, 1.54) is 12.8 Å². The molecule has 0 radical (unpaired) electrons. The topological polar surface area (TPSA) is 53.3 Å². The second-order valence-electron chi connectivity index (χ2n) is 4.48. The Morgan fingerprint density at radius 2 is 1.76 bits per heavy atom. The van der Waals surface area contributed by atoms with Crippen LogP contribution in [0.4, 0.5) is 0 Å². The van der Waals surface area contributed by atoms with Crippen molar-refractivity contribution in [3.8, 4) is 5.81 Å². The Morgan fingerprint density at radius 1 is 1.24 bits per heavy atom. The van der Waals surface area contributed by atoms with Crippen LogP contribution in [0.5, 0.6) is 0 Å².